The lowest BCUT2D eigenvalue weighted by molar-refractivity contribution is 0.0951. The molecule has 0 aliphatic carbocycles. The van der Waals surface area contributed by atoms with Crippen LogP contribution in [0, 0.1) is 6.92 Å². The second kappa shape index (κ2) is 7.00. The molecule has 0 aromatic carbocycles. The van der Waals surface area contributed by atoms with E-state index in [-0.39, 0.29) is 10.8 Å². The number of rotatable bonds is 5. The van der Waals surface area contributed by atoms with Gasteiger partial charge in [0, 0.05) is 39.0 Å². The normalized spacial score (nSPS) is 13.9. The summed E-state index contributed by atoms with van der Waals surface area (Å²) in [6.07, 6.45) is 2.24. The van der Waals surface area contributed by atoms with Gasteiger partial charge < -0.3 is 10.3 Å². The number of nitrogens with one attached hydrogen (secondary N) is 2. The molecule has 1 aromatic rings. The van der Waals surface area contributed by atoms with Crippen molar-refractivity contribution in [2.45, 2.75) is 25.5 Å². The van der Waals surface area contributed by atoms with Gasteiger partial charge in [-0.05, 0) is 35.3 Å². The maximum absolute atomic E-state index is 11.9. The molecule has 1 aromatic heterocycles. The highest BCUT2D eigenvalue weighted by Crippen LogP contribution is 2.12. The number of halogens is 1. The summed E-state index contributed by atoms with van der Waals surface area (Å²) in [5, 5.41) is 2.68. The van der Waals surface area contributed by atoms with E-state index < -0.39 is 22.3 Å². The number of pyridine rings is 1. The van der Waals surface area contributed by atoms with Crippen LogP contribution in [0.1, 0.15) is 29.4 Å². The van der Waals surface area contributed by atoms with Crippen molar-refractivity contribution in [1.82, 2.24) is 10.3 Å². The lowest BCUT2D eigenvalue weighted by Crippen LogP contribution is -2.32. The molecule has 0 aliphatic rings. The first-order valence-corrected chi connectivity index (χ1v) is 8.24. The Morgan fingerprint density at radius 1 is 1.58 bits per heavy atom. The van der Waals surface area contributed by atoms with Crippen LogP contribution in [-0.2, 0) is 10.8 Å². The fourth-order valence-electron chi connectivity index (χ4n) is 1.42. The average Bonchev–Trinajstić information content (AvgIpc) is 2.33. The molecule has 0 bridgehead atoms. The number of carbonyl (C=O) groups is 1. The number of aromatic nitrogens is 1. The molecule has 7 heteroatoms. The van der Waals surface area contributed by atoms with Crippen LogP contribution in [0.25, 0.3) is 0 Å². The summed E-state index contributed by atoms with van der Waals surface area (Å²) in [7, 11) is -0.907. The number of carbonyl (C=O) groups excluding carboxylic acids is 1. The van der Waals surface area contributed by atoms with Crippen molar-refractivity contribution < 1.29 is 9.00 Å². The zero-order chi connectivity index (χ0) is 14.6. The number of amides is 1. The molecule has 19 heavy (non-hydrogen) atoms. The standard InChI is InChI=1S/C12H17BrN2O3S/c1-7(19(3)18)4-5-14-11(16)9-6-10(13)8(2)15-12(9)17/h6-7H,4-5H2,1-3H3,(H,14,16)(H,15,17)/t7-,19+/m0/s1. The smallest absolute Gasteiger partial charge is 0.261 e. The van der Waals surface area contributed by atoms with Gasteiger partial charge in [-0.1, -0.05) is 6.92 Å². The van der Waals surface area contributed by atoms with Crippen molar-refractivity contribution in [3.8, 4) is 0 Å². The van der Waals surface area contributed by atoms with E-state index in [2.05, 4.69) is 26.2 Å². The summed E-state index contributed by atoms with van der Waals surface area (Å²) in [5.41, 5.74) is 0.338. The molecule has 0 saturated heterocycles. The Morgan fingerprint density at radius 2 is 2.21 bits per heavy atom. The van der Waals surface area contributed by atoms with E-state index in [1.807, 2.05) is 6.92 Å². The monoisotopic (exact) mass is 348 g/mol. The van der Waals surface area contributed by atoms with Gasteiger partial charge >= 0.3 is 0 Å². The zero-order valence-corrected chi connectivity index (χ0v) is 13.5. The van der Waals surface area contributed by atoms with Crippen LogP contribution in [0.2, 0.25) is 0 Å². The van der Waals surface area contributed by atoms with E-state index in [1.54, 1.807) is 13.2 Å². The minimum Gasteiger partial charge on any atom is -0.352 e. The molecule has 106 valence electrons. The van der Waals surface area contributed by atoms with E-state index in [0.29, 0.717) is 23.1 Å². The Kier molecular flexibility index (Phi) is 5.93. The largest absolute Gasteiger partial charge is 0.352 e. The van der Waals surface area contributed by atoms with E-state index in [9.17, 15) is 13.8 Å². The summed E-state index contributed by atoms with van der Waals surface area (Å²) in [6.45, 7) is 3.99. The topological polar surface area (TPSA) is 79.0 Å². The van der Waals surface area contributed by atoms with Crippen LogP contribution in [0.3, 0.4) is 0 Å². The molecule has 0 unspecified atom stereocenters. The molecule has 0 spiro atoms. The zero-order valence-electron chi connectivity index (χ0n) is 11.1. The van der Waals surface area contributed by atoms with Gasteiger partial charge in [-0.2, -0.15) is 0 Å². The number of aryl methyl sites for hydroxylation is 1. The van der Waals surface area contributed by atoms with Crippen molar-refractivity contribution in [3.63, 3.8) is 0 Å². The van der Waals surface area contributed by atoms with Crippen LogP contribution >= 0.6 is 15.9 Å². The SMILES string of the molecule is Cc1[nH]c(=O)c(C(=O)NCC[C@H](C)[S@@](C)=O)cc1Br. The van der Waals surface area contributed by atoms with Crippen LogP contribution < -0.4 is 10.9 Å². The predicted molar refractivity (Wildman–Crippen MR) is 80.0 cm³/mol. The minimum atomic E-state index is -0.907. The van der Waals surface area contributed by atoms with Crippen LogP contribution in [-0.4, -0.2) is 33.2 Å². The fraction of sp³-hybridized carbons (Fsp3) is 0.500. The van der Waals surface area contributed by atoms with E-state index in [0.717, 1.165) is 0 Å². The fourth-order valence-corrected chi connectivity index (χ4v) is 2.19. The number of H-pyrrole nitrogens is 1. The van der Waals surface area contributed by atoms with Crippen LogP contribution in [0.5, 0.6) is 0 Å². The third kappa shape index (κ3) is 4.58. The first-order valence-electron chi connectivity index (χ1n) is 5.82. The van der Waals surface area contributed by atoms with Gasteiger partial charge in [-0.25, -0.2) is 0 Å². The summed E-state index contributed by atoms with van der Waals surface area (Å²) >= 11 is 3.27. The lowest BCUT2D eigenvalue weighted by Gasteiger charge is -2.09. The molecule has 5 nitrogen and oxygen atoms in total. The van der Waals surface area contributed by atoms with Crippen molar-refractivity contribution in [2.75, 3.05) is 12.8 Å². The molecule has 0 aliphatic heterocycles. The van der Waals surface area contributed by atoms with Gasteiger partial charge in [0.25, 0.3) is 11.5 Å². The van der Waals surface area contributed by atoms with Crippen molar-refractivity contribution >= 4 is 32.6 Å². The number of hydrogen-bond donors (Lipinski definition) is 2. The van der Waals surface area contributed by atoms with Gasteiger partial charge in [0.2, 0.25) is 0 Å². The summed E-state index contributed by atoms with van der Waals surface area (Å²) in [6, 6.07) is 1.50. The summed E-state index contributed by atoms with van der Waals surface area (Å²) in [4.78, 5) is 26.1. The van der Waals surface area contributed by atoms with Crippen LogP contribution in [0.4, 0.5) is 0 Å². The molecule has 0 saturated carbocycles. The van der Waals surface area contributed by atoms with Crippen molar-refractivity contribution in [2.24, 2.45) is 0 Å². The first-order chi connectivity index (χ1) is 8.82. The highest BCUT2D eigenvalue weighted by atomic mass is 79.9. The molecule has 1 rings (SSSR count). The second-order valence-electron chi connectivity index (χ2n) is 4.34. The maximum Gasteiger partial charge on any atom is 0.261 e. The lowest BCUT2D eigenvalue weighted by atomic mass is 10.2. The second-order valence-corrected chi connectivity index (χ2v) is 7.00. The Bertz CT molecular complexity index is 556. The molecule has 2 N–H and O–H groups in total. The Morgan fingerprint density at radius 3 is 2.79 bits per heavy atom. The van der Waals surface area contributed by atoms with E-state index in [1.165, 1.54) is 6.07 Å². The average molecular weight is 349 g/mol. The number of hydrogen-bond acceptors (Lipinski definition) is 3. The van der Waals surface area contributed by atoms with Crippen molar-refractivity contribution in [3.05, 3.63) is 32.2 Å². The predicted octanol–water partition coefficient (Wildman–Crippen LogP) is 1.33. The van der Waals surface area contributed by atoms with Gasteiger partial charge in [-0.3, -0.25) is 13.8 Å². The molecule has 1 amide bonds. The molecule has 0 fully saturated rings. The molecular formula is C12H17BrN2O3S. The molecule has 1 heterocycles. The van der Waals surface area contributed by atoms with Gasteiger partial charge in [0.1, 0.15) is 5.56 Å². The molecule has 2 atom stereocenters. The van der Waals surface area contributed by atoms with Gasteiger partial charge in [-0.15, -0.1) is 0 Å². The highest BCUT2D eigenvalue weighted by molar-refractivity contribution is 9.10. The Hall–Kier alpha value is -0.950. The van der Waals surface area contributed by atoms with Gasteiger partial charge in [0.15, 0.2) is 0 Å². The Balaban J connectivity index is 2.67. The number of aromatic amines is 1. The minimum absolute atomic E-state index is 0.0170. The van der Waals surface area contributed by atoms with Gasteiger partial charge in [0.05, 0.1) is 0 Å². The highest BCUT2D eigenvalue weighted by Gasteiger charge is 2.13. The van der Waals surface area contributed by atoms with E-state index in [4.69, 9.17) is 0 Å². The summed E-state index contributed by atoms with van der Waals surface area (Å²) < 4.78 is 11.8. The maximum atomic E-state index is 11.9. The first kappa shape index (κ1) is 16.1. The third-order valence-electron chi connectivity index (χ3n) is 2.82. The summed E-state index contributed by atoms with van der Waals surface area (Å²) in [5.74, 6) is -0.420. The third-order valence-corrected chi connectivity index (χ3v) is 5.02. The van der Waals surface area contributed by atoms with Crippen LogP contribution in [0.15, 0.2) is 15.3 Å². The Labute approximate surface area is 122 Å². The van der Waals surface area contributed by atoms with Crippen molar-refractivity contribution in [1.29, 1.82) is 0 Å². The van der Waals surface area contributed by atoms with E-state index >= 15 is 0 Å². The molecule has 0 radical (unpaired) electrons. The quantitative estimate of drug-likeness (QED) is 0.842. The molecular weight excluding hydrogens is 332 g/mol.